The molecule has 0 aliphatic heterocycles. The van der Waals surface area contributed by atoms with Crippen LogP contribution in [-0.4, -0.2) is 41.8 Å². The standard InChI is InChI=1S/C13H17N5O2S/c1-4-10-9(6-8(3)14-15-10)12-16-17-13(18(12)5-2)21-7-11(19)20/h6H,4-5,7H2,1-3H3,(H,19,20). The Labute approximate surface area is 126 Å². The lowest BCUT2D eigenvalue weighted by Crippen LogP contribution is -2.05. The van der Waals surface area contributed by atoms with Crippen LogP contribution in [0.25, 0.3) is 11.4 Å². The van der Waals surface area contributed by atoms with Crippen LogP contribution in [0.2, 0.25) is 0 Å². The molecule has 0 aliphatic rings. The van der Waals surface area contributed by atoms with Crippen LogP contribution in [0, 0.1) is 6.92 Å². The van der Waals surface area contributed by atoms with Crippen LogP contribution in [-0.2, 0) is 17.8 Å². The number of carboxylic acids is 1. The molecular formula is C13H17N5O2S. The molecule has 0 unspecified atom stereocenters. The maximum absolute atomic E-state index is 10.7. The minimum Gasteiger partial charge on any atom is -0.481 e. The van der Waals surface area contributed by atoms with Gasteiger partial charge in [-0.05, 0) is 26.3 Å². The van der Waals surface area contributed by atoms with Crippen LogP contribution in [0.15, 0.2) is 11.2 Å². The second-order valence-electron chi connectivity index (χ2n) is 4.43. The lowest BCUT2D eigenvalue weighted by atomic mass is 10.1. The average molecular weight is 307 g/mol. The lowest BCUT2D eigenvalue weighted by molar-refractivity contribution is -0.133. The molecule has 2 aromatic rings. The minimum atomic E-state index is -0.872. The Morgan fingerprint density at radius 1 is 1.29 bits per heavy atom. The normalized spacial score (nSPS) is 10.8. The molecule has 2 rings (SSSR count). The minimum absolute atomic E-state index is 0.0353. The molecule has 0 aliphatic carbocycles. The third-order valence-electron chi connectivity index (χ3n) is 2.93. The molecule has 0 fully saturated rings. The lowest BCUT2D eigenvalue weighted by Gasteiger charge is -2.09. The van der Waals surface area contributed by atoms with Crippen molar-refractivity contribution in [2.45, 2.75) is 38.9 Å². The first-order valence-corrected chi connectivity index (χ1v) is 7.66. The monoisotopic (exact) mass is 307 g/mol. The van der Waals surface area contributed by atoms with Gasteiger partial charge in [0.1, 0.15) is 0 Å². The van der Waals surface area contributed by atoms with Gasteiger partial charge >= 0.3 is 5.97 Å². The molecule has 0 bridgehead atoms. The van der Waals surface area contributed by atoms with Gasteiger partial charge in [-0.3, -0.25) is 4.79 Å². The zero-order chi connectivity index (χ0) is 15.4. The van der Waals surface area contributed by atoms with E-state index in [1.165, 1.54) is 11.8 Å². The van der Waals surface area contributed by atoms with Crippen molar-refractivity contribution in [3.63, 3.8) is 0 Å². The Kier molecular flexibility index (Phi) is 4.89. The number of aryl methyl sites for hydroxylation is 2. The van der Waals surface area contributed by atoms with E-state index in [2.05, 4.69) is 20.4 Å². The molecule has 0 spiro atoms. The third kappa shape index (κ3) is 3.38. The molecule has 112 valence electrons. The molecule has 1 N–H and O–H groups in total. The van der Waals surface area contributed by atoms with Crippen molar-refractivity contribution in [3.8, 4) is 11.4 Å². The van der Waals surface area contributed by atoms with Gasteiger partial charge in [-0.1, -0.05) is 18.7 Å². The van der Waals surface area contributed by atoms with E-state index in [4.69, 9.17) is 5.11 Å². The summed E-state index contributed by atoms with van der Waals surface area (Å²) >= 11 is 1.17. The predicted octanol–water partition coefficient (Wildman–Crippen LogP) is 1.80. The first kappa shape index (κ1) is 15.4. The maximum atomic E-state index is 10.7. The summed E-state index contributed by atoms with van der Waals surface area (Å²) in [5.74, 6) is -0.199. The molecule has 21 heavy (non-hydrogen) atoms. The topological polar surface area (TPSA) is 93.8 Å². The van der Waals surface area contributed by atoms with E-state index in [1.807, 2.05) is 31.4 Å². The Hall–Kier alpha value is -1.96. The summed E-state index contributed by atoms with van der Waals surface area (Å²) in [5.41, 5.74) is 2.58. The van der Waals surface area contributed by atoms with Crippen LogP contribution in [0.1, 0.15) is 25.2 Å². The molecule has 0 atom stereocenters. The molecule has 2 heterocycles. The highest BCUT2D eigenvalue weighted by atomic mass is 32.2. The third-order valence-corrected chi connectivity index (χ3v) is 3.88. The molecule has 0 amide bonds. The molecule has 0 saturated carbocycles. The van der Waals surface area contributed by atoms with Crippen molar-refractivity contribution in [2.24, 2.45) is 0 Å². The van der Waals surface area contributed by atoms with E-state index in [-0.39, 0.29) is 5.75 Å². The summed E-state index contributed by atoms with van der Waals surface area (Å²) in [7, 11) is 0. The van der Waals surface area contributed by atoms with E-state index < -0.39 is 5.97 Å². The highest BCUT2D eigenvalue weighted by Gasteiger charge is 2.17. The number of aliphatic carboxylic acids is 1. The van der Waals surface area contributed by atoms with Gasteiger partial charge in [0.05, 0.1) is 17.1 Å². The molecular weight excluding hydrogens is 290 g/mol. The van der Waals surface area contributed by atoms with Gasteiger partial charge in [0.25, 0.3) is 0 Å². The van der Waals surface area contributed by atoms with E-state index in [0.717, 1.165) is 23.4 Å². The van der Waals surface area contributed by atoms with E-state index >= 15 is 0 Å². The Morgan fingerprint density at radius 3 is 2.67 bits per heavy atom. The van der Waals surface area contributed by atoms with E-state index in [1.54, 1.807) is 0 Å². The fraction of sp³-hybridized carbons (Fsp3) is 0.462. The second-order valence-corrected chi connectivity index (χ2v) is 5.37. The number of hydrogen-bond donors (Lipinski definition) is 1. The number of nitrogens with zero attached hydrogens (tertiary/aromatic N) is 5. The van der Waals surface area contributed by atoms with Crippen molar-refractivity contribution in [1.82, 2.24) is 25.0 Å². The van der Waals surface area contributed by atoms with E-state index in [0.29, 0.717) is 17.5 Å². The summed E-state index contributed by atoms with van der Waals surface area (Å²) in [6.45, 7) is 6.53. The van der Waals surface area contributed by atoms with Crippen molar-refractivity contribution >= 4 is 17.7 Å². The van der Waals surface area contributed by atoms with Gasteiger partial charge in [-0.2, -0.15) is 10.2 Å². The number of carboxylic acid groups (broad SMARTS) is 1. The van der Waals surface area contributed by atoms with Crippen LogP contribution in [0.5, 0.6) is 0 Å². The predicted molar refractivity (Wildman–Crippen MR) is 79.2 cm³/mol. The fourth-order valence-electron chi connectivity index (χ4n) is 1.97. The van der Waals surface area contributed by atoms with Crippen LogP contribution >= 0.6 is 11.8 Å². The van der Waals surface area contributed by atoms with Crippen LogP contribution < -0.4 is 0 Å². The summed E-state index contributed by atoms with van der Waals surface area (Å²) in [4.78, 5) is 10.7. The Balaban J connectivity index is 2.45. The number of thioether (sulfide) groups is 1. The first-order chi connectivity index (χ1) is 10.1. The second kappa shape index (κ2) is 6.66. The van der Waals surface area contributed by atoms with Crippen LogP contribution in [0.3, 0.4) is 0 Å². The Bertz CT molecular complexity index is 656. The molecule has 0 aromatic carbocycles. The number of aromatic nitrogens is 5. The average Bonchev–Trinajstić information content (AvgIpc) is 2.87. The molecule has 7 nitrogen and oxygen atoms in total. The largest absolute Gasteiger partial charge is 0.481 e. The zero-order valence-corrected chi connectivity index (χ0v) is 13.0. The highest BCUT2D eigenvalue weighted by Crippen LogP contribution is 2.26. The van der Waals surface area contributed by atoms with Gasteiger partial charge in [0.2, 0.25) is 0 Å². The molecule has 0 saturated heterocycles. The van der Waals surface area contributed by atoms with Crippen molar-refractivity contribution in [1.29, 1.82) is 0 Å². The van der Waals surface area contributed by atoms with Gasteiger partial charge < -0.3 is 9.67 Å². The van der Waals surface area contributed by atoms with Crippen LogP contribution in [0.4, 0.5) is 0 Å². The zero-order valence-electron chi connectivity index (χ0n) is 12.2. The summed E-state index contributed by atoms with van der Waals surface area (Å²) < 4.78 is 1.91. The first-order valence-electron chi connectivity index (χ1n) is 6.68. The Morgan fingerprint density at radius 2 is 2.05 bits per heavy atom. The van der Waals surface area contributed by atoms with Gasteiger partial charge in [0.15, 0.2) is 11.0 Å². The summed E-state index contributed by atoms with van der Waals surface area (Å²) in [6.07, 6.45) is 0.747. The molecule has 8 heteroatoms. The van der Waals surface area contributed by atoms with Crippen molar-refractivity contribution in [2.75, 3.05) is 5.75 Å². The van der Waals surface area contributed by atoms with Crippen molar-refractivity contribution < 1.29 is 9.90 Å². The smallest absolute Gasteiger partial charge is 0.313 e. The highest BCUT2D eigenvalue weighted by molar-refractivity contribution is 7.99. The summed E-state index contributed by atoms with van der Waals surface area (Å²) in [6, 6.07) is 1.94. The SMILES string of the molecule is CCc1nnc(C)cc1-c1nnc(SCC(=O)O)n1CC. The van der Waals surface area contributed by atoms with Crippen molar-refractivity contribution in [3.05, 3.63) is 17.5 Å². The number of hydrogen-bond acceptors (Lipinski definition) is 6. The van der Waals surface area contributed by atoms with Gasteiger partial charge in [-0.25, -0.2) is 0 Å². The van der Waals surface area contributed by atoms with Gasteiger partial charge in [-0.15, -0.1) is 10.2 Å². The van der Waals surface area contributed by atoms with Gasteiger partial charge in [0, 0.05) is 12.1 Å². The summed E-state index contributed by atoms with van der Waals surface area (Å²) in [5, 5.41) is 26.0. The molecule has 2 aromatic heterocycles. The maximum Gasteiger partial charge on any atom is 0.313 e. The quantitative estimate of drug-likeness (QED) is 0.813. The number of rotatable bonds is 6. The van der Waals surface area contributed by atoms with E-state index in [9.17, 15) is 4.79 Å². The number of carbonyl (C=O) groups is 1. The fourth-order valence-corrected chi connectivity index (χ4v) is 2.70. The molecule has 0 radical (unpaired) electrons.